The second-order valence-electron chi connectivity index (χ2n) is 7.22. The monoisotopic (exact) mass is 264 g/mol. The molecule has 0 fully saturated rings. The van der Waals surface area contributed by atoms with Gasteiger partial charge in [-0.25, -0.2) is 0 Å². The van der Waals surface area contributed by atoms with Gasteiger partial charge in [0.25, 0.3) is 0 Å². The third kappa shape index (κ3) is 4.95. The summed E-state index contributed by atoms with van der Waals surface area (Å²) in [6, 6.07) is 10.6. The lowest BCUT2D eigenvalue weighted by Crippen LogP contribution is -2.38. The molecule has 0 heterocycles. The molecule has 1 aromatic rings. The van der Waals surface area contributed by atoms with Gasteiger partial charge < -0.3 is 4.43 Å². The van der Waals surface area contributed by atoms with Crippen molar-refractivity contribution in [2.45, 2.75) is 58.0 Å². The summed E-state index contributed by atoms with van der Waals surface area (Å²) in [7, 11) is -1.25. The molecule has 1 nitrogen and oxygen atoms in total. The van der Waals surface area contributed by atoms with Crippen LogP contribution in [0.4, 0.5) is 0 Å². The third-order valence-electron chi connectivity index (χ3n) is 3.09. The molecule has 2 heteroatoms. The van der Waals surface area contributed by atoms with E-state index in [1.54, 1.807) is 0 Å². The van der Waals surface area contributed by atoms with Crippen LogP contribution in [0.5, 0.6) is 0 Å². The Bertz CT molecular complexity index is 332. The van der Waals surface area contributed by atoms with Gasteiger partial charge >= 0.3 is 0 Å². The Morgan fingerprint density at radius 3 is 1.83 bits per heavy atom. The highest BCUT2D eigenvalue weighted by Crippen LogP contribution is 2.42. The predicted molar refractivity (Wildman–Crippen MR) is 82.7 cm³/mol. The maximum Gasteiger partial charge on any atom is 0.187 e. The normalized spacial score (nSPS) is 13.1. The number of benzene rings is 1. The van der Waals surface area contributed by atoms with Crippen LogP contribution in [-0.2, 0) is 10.8 Å². The van der Waals surface area contributed by atoms with Crippen LogP contribution in [0, 0.1) is 0 Å². The topological polar surface area (TPSA) is 9.23 Å². The molecule has 0 N–H and O–H groups in total. The molecule has 0 saturated heterocycles. The minimum atomic E-state index is -1.25. The SMILES string of the molecule is CC(C)(C)[SiH](OCCc1ccccc1)C(C)(C)C. The van der Waals surface area contributed by atoms with Gasteiger partial charge in [-0.05, 0) is 22.1 Å². The summed E-state index contributed by atoms with van der Waals surface area (Å²) >= 11 is 0. The van der Waals surface area contributed by atoms with E-state index in [1.165, 1.54) is 5.56 Å². The van der Waals surface area contributed by atoms with Gasteiger partial charge in [0.05, 0.1) is 0 Å². The highest BCUT2D eigenvalue weighted by Gasteiger charge is 2.37. The Morgan fingerprint density at radius 2 is 1.39 bits per heavy atom. The van der Waals surface area contributed by atoms with Crippen molar-refractivity contribution in [3.8, 4) is 0 Å². The van der Waals surface area contributed by atoms with Crippen molar-refractivity contribution >= 4 is 9.04 Å². The van der Waals surface area contributed by atoms with Crippen LogP contribution in [0.25, 0.3) is 0 Å². The van der Waals surface area contributed by atoms with Crippen LogP contribution >= 0.6 is 0 Å². The molecule has 1 rings (SSSR count). The van der Waals surface area contributed by atoms with Gasteiger partial charge in [-0.15, -0.1) is 0 Å². The van der Waals surface area contributed by atoms with E-state index in [9.17, 15) is 0 Å². The zero-order valence-corrected chi connectivity index (χ0v) is 13.9. The lowest BCUT2D eigenvalue weighted by atomic mass is 10.2. The quantitative estimate of drug-likeness (QED) is 0.724. The smallest absolute Gasteiger partial charge is 0.187 e. The molecule has 0 aliphatic carbocycles. The van der Waals surface area contributed by atoms with E-state index in [2.05, 4.69) is 71.9 Å². The van der Waals surface area contributed by atoms with Gasteiger partial charge in [-0.1, -0.05) is 71.9 Å². The van der Waals surface area contributed by atoms with E-state index in [0.29, 0.717) is 10.1 Å². The molecule has 0 bridgehead atoms. The Labute approximate surface area is 114 Å². The summed E-state index contributed by atoms with van der Waals surface area (Å²) in [5, 5.41) is 0.629. The predicted octanol–water partition coefficient (Wildman–Crippen LogP) is 4.57. The lowest BCUT2D eigenvalue weighted by molar-refractivity contribution is 0.286. The maximum absolute atomic E-state index is 6.31. The molecule has 0 aromatic heterocycles. The van der Waals surface area contributed by atoms with E-state index < -0.39 is 9.04 Å². The number of hydrogen-bond acceptors (Lipinski definition) is 1. The number of rotatable bonds is 4. The molecule has 0 amide bonds. The summed E-state index contributed by atoms with van der Waals surface area (Å²) in [5.41, 5.74) is 1.37. The minimum absolute atomic E-state index is 0.314. The Kier molecular flexibility index (Phi) is 5.17. The fourth-order valence-corrected chi connectivity index (χ4v) is 6.69. The standard InChI is InChI=1S/C16H28OSi/c1-15(2,3)18(16(4,5)6)17-13-12-14-10-8-7-9-11-14/h7-11,18H,12-13H2,1-6H3. The second kappa shape index (κ2) is 6.03. The van der Waals surface area contributed by atoms with Gasteiger partial charge in [0.2, 0.25) is 0 Å². The fourth-order valence-electron chi connectivity index (χ4n) is 2.74. The van der Waals surface area contributed by atoms with E-state index >= 15 is 0 Å². The first-order chi connectivity index (χ1) is 8.21. The van der Waals surface area contributed by atoms with Crippen molar-refractivity contribution in [2.75, 3.05) is 6.61 Å². The van der Waals surface area contributed by atoms with Crippen LogP contribution in [0.1, 0.15) is 47.1 Å². The molecule has 1 aromatic carbocycles. The van der Waals surface area contributed by atoms with Crippen molar-refractivity contribution in [1.29, 1.82) is 0 Å². The molecule has 0 spiro atoms. The summed E-state index contributed by atoms with van der Waals surface area (Å²) in [5.74, 6) is 0. The van der Waals surface area contributed by atoms with E-state index in [4.69, 9.17) is 4.43 Å². The molecule has 0 radical (unpaired) electrons. The highest BCUT2D eigenvalue weighted by molar-refractivity contribution is 6.58. The fraction of sp³-hybridized carbons (Fsp3) is 0.625. The average molecular weight is 264 g/mol. The van der Waals surface area contributed by atoms with Crippen molar-refractivity contribution in [3.05, 3.63) is 35.9 Å². The van der Waals surface area contributed by atoms with Gasteiger partial charge in [-0.3, -0.25) is 0 Å². The van der Waals surface area contributed by atoms with Crippen LogP contribution < -0.4 is 0 Å². The summed E-state index contributed by atoms with van der Waals surface area (Å²) in [6.07, 6.45) is 1.02. The first-order valence-corrected chi connectivity index (χ1v) is 8.49. The Morgan fingerprint density at radius 1 is 0.889 bits per heavy atom. The van der Waals surface area contributed by atoms with Gasteiger partial charge in [0.15, 0.2) is 9.04 Å². The van der Waals surface area contributed by atoms with E-state index in [0.717, 1.165) is 13.0 Å². The molecule has 18 heavy (non-hydrogen) atoms. The zero-order valence-electron chi connectivity index (χ0n) is 12.8. The molecular formula is C16H28OSi. The first kappa shape index (κ1) is 15.5. The van der Waals surface area contributed by atoms with E-state index in [-0.39, 0.29) is 0 Å². The van der Waals surface area contributed by atoms with Gasteiger partial charge in [-0.2, -0.15) is 0 Å². The molecule has 0 saturated carbocycles. The molecular weight excluding hydrogens is 236 g/mol. The maximum atomic E-state index is 6.31. The molecule has 102 valence electrons. The van der Waals surface area contributed by atoms with Crippen LogP contribution in [0.15, 0.2) is 30.3 Å². The molecule has 0 unspecified atom stereocenters. The lowest BCUT2D eigenvalue weighted by Gasteiger charge is -2.38. The Hall–Kier alpha value is -0.603. The van der Waals surface area contributed by atoms with Gasteiger partial charge in [0, 0.05) is 6.61 Å². The largest absolute Gasteiger partial charge is 0.419 e. The van der Waals surface area contributed by atoms with Crippen LogP contribution in [-0.4, -0.2) is 15.6 Å². The highest BCUT2D eigenvalue weighted by atomic mass is 28.3. The first-order valence-electron chi connectivity index (χ1n) is 6.87. The zero-order chi connectivity index (χ0) is 13.8. The van der Waals surface area contributed by atoms with Crippen LogP contribution in [0.3, 0.4) is 0 Å². The van der Waals surface area contributed by atoms with Crippen molar-refractivity contribution in [2.24, 2.45) is 0 Å². The van der Waals surface area contributed by atoms with Crippen molar-refractivity contribution in [1.82, 2.24) is 0 Å². The van der Waals surface area contributed by atoms with Crippen molar-refractivity contribution in [3.63, 3.8) is 0 Å². The Balaban J connectivity index is 2.54. The third-order valence-corrected chi connectivity index (χ3v) is 6.81. The van der Waals surface area contributed by atoms with Crippen LogP contribution in [0.2, 0.25) is 10.1 Å². The van der Waals surface area contributed by atoms with E-state index in [1.807, 2.05) is 0 Å². The summed E-state index contributed by atoms with van der Waals surface area (Å²) in [6.45, 7) is 14.8. The van der Waals surface area contributed by atoms with Crippen molar-refractivity contribution < 1.29 is 4.43 Å². The summed E-state index contributed by atoms with van der Waals surface area (Å²) in [4.78, 5) is 0. The molecule has 0 aliphatic heterocycles. The second-order valence-corrected chi connectivity index (χ2v) is 11.8. The number of hydrogen-bond donors (Lipinski definition) is 0. The molecule has 0 atom stereocenters. The molecule has 0 aliphatic rings. The average Bonchev–Trinajstić information content (AvgIpc) is 2.22. The summed E-state index contributed by atoms with van der Waals surface area (Å²) < 4.78 is 6.31. The van der Waals surface area contributed by atoms with Gasteiger partial charge in [0.1, 0.15) is 0 Å². The minimum Gasteiger partial charge on any atom is -0.419 e.